The molecule has 2 heterocycles. The van der Waals surface area contributed by atoms with Gasteiger partial charge in [-0.25, -0.2) is 18.2 Å². The van der Waals surface area contributed by atoms with Crippen molar-refractivity contribution in [3.05, 3.63) is 48.7 Å². The molecular weight excluding hydrogens is 699 g/mol. The molecule has 13 nitrogen and oxygen atoms in total. The second-order valence-corrected chi connectivity index (χ2v) is 19.5. The summed E-state index contributed by atoms with van der Waals surface area (Å²) < 4.78 is 39.6. The second-order valence-electron chi connectivity index (χ2n) is 17.6. The number of alkyl carbamates (subject to hydrolysis) is 1. The number of sulfonamides is 1. The molecule has 1 aromatic heterocycles. The van der Waals surface area contributed by atoms with Crippen molar-refractivity contribution in [2.24, 2.45) is 5.41 Å². The van der Waals surface area contributed by atoms with Crippen molar-refractivity contribution in [3.8, 4) is 5.88 Å². The van der Waals surface area contributed by atoms with Crippen LogP contribution >= 0.6 is 0 Å². The number of ether oxygens (including phenoxy) is 2. The molecule has 0 bridgehead atoms. The predicted octanol–water partition coefficient (Wildman–Crippen LogP) is 5.27. The van der Waals surface area contributed by atoms with Gasteiger partial charge in [-0.05, 0) is 87.3 Å². The monoisotopic (exact) mass is 755 g/mol. The Morgan fingerprint density at radius 3 is 2.25 bits per heavy atom. The summed E-state index contributed by atoms with van der Waals surface area (Å²) in [5, 5.41) is 6.52. The van der Waals surface area contributed by atoms with Crippen LogP contribution in [0.2, 0.25) is 0 Å². The highest BCUT2D eigenvalue weighted by Crippen LogP contribution is 2.33. The first-order valence-corrected chi connectivity index (χ1v) is 19.7. The fourth-order valence-corrected chi connectivity index (χ4v) is 7.57. The first kappa shape index (κ1) is 41.6. The normalized spacial score (nSPS) is 19.8. The van der Waals surface area contributed by atoms with Crippen LogP contribution in [0.4, 0.5) is 4.79 Å². The smallest absolute Gasteiger partial charge is 0.408 e. The Bertz CT molecular complexity index is 1840. The van der Waals surface area contributed by atoms with Gasteiger partial charge in [0.1, 0.15) is 29.3 Å². The quantitative estimate of drug-likeness (QED) is 0.244. The highest BCUT2D eigenvalue weighted by molar-refractivity contribution is 7.91. The topological polar surface area (TPSA) is 173 Å². The maximum Gasteiger partial charge on any atom is 0.408 e. The molecule has 3 N–H and O–H groups in total. The summed E-state index contributed by atoms with van der Waals surface area (Å²) in [5.41, 5.74) is -2.25. The van der Waals surface area contributed by atoms with Crippen LogP contribution < -0.4 is 20.1 Å². The molecular formula is C39H57N5O8S. The van der Waals surface area contributed by atoms with Gasteiger partial charge in [-0.2, -0.15) is 0 Å². The predicted molar refractivity (Wildman–Crippen MR) is 204 cm³/mol. The summed E-state index contributed by atoms with van der Waals surface area (Å²) >= 11 is 0. The molecule has 4 atom stereocenters. The number of rotatable bonds is 12. The van der Waals surface area contributed by atoms with E-state index in [4.69, 9.17) is 9.47 Å². The molecule has 2 aromatic rings. The lowest BCUT2D eigenvalue weighted by Gasteiger charge is -2.36. The van der Waals surface area contributed by atoms with E-state index in [0.29, 0.717) is 25.1 Å². The van der Waals surface area contributed by atoms with Gasteiger partial charge >= 0.3 is 6.09 Å². The van der Waals surface area contributed by atoms with Crippen molar-refractivity contribution in [1.29, 1.82) is 0 Å². The van der Waals surface area contributed by atoms with E-state index in [1.54, 1.807) is 53.8 Å². The Hall–Kier alpha value is -4.20. The highest BCUT2D eigenvalue weighted by atomic mass is 32.2. The van der Waals surface area contributed by atoms with Gasteiger partial charge in [0.25, 0.3) is 5.91 Å². The lowest BCUT2D eigenvalue weighted by atomic mass is 9.85. The van der Waals surface area contributed by atoms with E-state index in [1.807, 2.05) is 18.2 Å². The third-order valence-electron chi connectivity index (χ3n) is 9.44. The maximum atomic E-state index is 14.5. The lowest BCUT2D eigenvalue weighted by Crippen LogP contribution is -2.62. The maximum absolute atomic E-state index is 14.5. The van der Waals surface area contributed by atoms with E-state index in [9.17, 15) is 27.6 Å². The minimum Gasteiger partial charge on any atom is -0.472 e. The zero-order chi connectivity index (χ0) is 39.7. The summed E-state index contributed by atoms with van der Waals surface area (Å²) in [5.74, 6) is -1.78. The van der Waals surface area contributed by atoms with Crippen molar-refractivity contribution in [1.82, 2.24) is 25.2 Å². The highest BCUT2D eigenvalue weighted by Gasteiger charge is 2.49. The van der Waals surface area contributed by atoms with Gasteiger partial charge in [0, 0.05) is 18.0 Å². The summed E-state index contributed by atoms with van der Waals surface area (Å²) in [6.07, 6.45) is 2.99. The van der Waals surface area contributed by atoms with Crippen LogP contribution in [0.5, 0.6) is 5.88 Å². The van der Waals surface area contributed by atoms with Crippen LogP contribution in [0.15, 0.2) is 43.1 Å². The zero-order valence-corrected chi connectivity index (χ0v) is 33.6. The first-order chi connectivity index (χ1) is 24.3. The third-order valence-corrected chi connectivity index (χ3v) is 11.3. The van der Waals surface area contributed by atoms with Gasteiger partial charge in [-0.15, -0.1) is 6.58 Å². The van der Waals surface area contributed by atoms with Gasteiger partial charge in [0.15, 0.2) is 0 Å². The van der Waals surface area contributed by atoms with E-state index in [0.717, 1.165) is 16.3 Å². The Kier molecular flexibility index (Phi) is 12.0. The van der Waals surface area contributed by atoms with Crippen molar-refractivity contribution in [2.45, 2.75) is 141 Å². The van der Waals surface area contributed by atoms with Gasteiger partial charge in [0.2, 0.25) is 27.7 Å². The fourth-order valence-electron chi connectivity index (χ4n) is 6.17. The van der Waals surface area contributed by atoms with Gasteiger partial charge < -0.3 is 25.0 Å². The minimum absolute atomic E-state index is 0.0263. The molecule has 1 aliphatic carbocycles. The number of nitrogens with one attached hydrogen (secondary N) is 3. The zero-order valence-electron chi connectivity index (χ0n) is 32.8. The summed E-state index contributed by atoms with van der Waals surface area (Å²) in [4.78, 5) is 61.2. The summed E-state index contributed by atoms with van der Waals surface area (Å²) in [7, 11) is -3.92. The number of fused-ring (bicyclic) bond motifs is 1. The van der Waals surface area contributed by atoms with Gasteiger partial charge in [-0.1, -0.05) is 59.8 Å². The number of hydrogen-bond donors (Lipinski definition) is 3. The van der Waals surface area contributed by atoms with Crippen molar-refractivity contribution < 1.29 is 37.1 Å². The third kappa shape index (κ3) is 10.5. The Morgan fingerprint density at radius 1 is 1.02 bits per heavy atom. The Balaban J connectivity index is 1.69. The molecule has 292 valence electrons. The van der Waals surface area contributed by atoms with E-state index < -0.39 is 73.8 Å². The molecule has 2 aliphatic rings. The van der Waals surface area contributed by atoms with Crippen molar-refractivity contribution in [3.63, 3.8) is 0 Å². The van der Waals surface area contributed by atoms with Crippen molar-refractivity contribution >= 4 is 44.6 Å². The summed E-state index contributed by atoms with van der Waals surface area (Å²) in [6.45, 7) is 22.0. The number of carbonyl (C=O) groups is 4. The SMILES string of the molecule is C=CCC[C@@](C)(NC(=O)[C@@H]1C[C@@H](Oc2nccc3cc(C(C)(C)C)ccc23)CN1C(=O)[C@@H](NC(=O)OC(C)(C)C)C(C)(C)C)C(=O)NS(=O)(=O)C1CC1. The van der Waals surface area contributed by atoms with Crippen LogP contribution in [0.3, 0.4) is 0 Å². The van der Waals surface area contributed by atoms with Crippen LogP contribution in [-0.2, 0) is 34.6 Å². The summed E-state index contributed by atoms with van der Waals surface area (Å²) in [6, 6.07) is 5.67. The standard InChI is InChI=1S/C39H57N5O8S/c1-12-13-19-39(11,34(47)43-53(49,50)27-15-16-27)42-31(45)29-22-26(51-32-28-17-14-25(36(2,3)4)21-24(28)18-20-40-32)23-44(29)33(46)30(37(5,6)7)41-35(48)52-38(8,9)10/h12,14,17-18,20-21,26-27,29-30H,1,13,15-16,19,22-23H2,2-11H3,(H,41,48)(H,42,45)(H,43,47)/t26-,29+,30-,39-/m1/s1. The van der Waals surface area contributed by atoms with E-state index >= 15 is 0 Å². The number of likely N-dealkylation sites (tertiary alicyclic amines) is 1. The number of pyridine rings is 1. The van der Waals surface area contributed by atoms with Crippen LogP contribution in [0.1, 0.15) is 107 Å². The molecule has 1 saturated carbocycles. The molecule has 2 fully saturated rings. The number of carbonyl (C=O) groups excluding carboxylic acids is 4. The second kappa shape index (κ2) is 15.3. The number of amides is 4. The van der Waals surface area contributed by atoms with Crippen LogP contribution in [0, 0.1) is 5.41 Å². The largest absolute Gasteiger partial charge is 0.472 e. The average Bonchev–Trinajstić information content (AvgIpc) is 3.81. The van der Waals surface area contributed by atoms with Gasteiger partial charge in [-0.3, -0.25) is 19.1 Å². The van der Waals surface area contributed by atoms with Crippen LogP contribution in [0.25, 0.3) is 10.8 Å². The van der Waals surface area contributed by atoms with Crippen LogP contribution in [-0.4, -0.2) is 83.2 Å². The van der Waals surface area contributed by atoms with E-state index in [2.05, 4.69) is 53.8 Å². The van der Waals surface area contributed by atoms with Crippen molar-refractivity contribution in [2.75, 3.05) is 6.54 Å². The molecule has 0 radical (unpaired) electrons. The fraction of sp³-hybridized carbons (Fsp3) is 0.615. The molecule has 4 rings (SSSR count). The molecule has 1 aliphatic heterocycles. The molecule has 4 amide bonds. The molecule has 53 heavy (non-hydrogen) atoms. The van der Waals surface area contributed by atoms with Gasteiger partial charge in [0.05, 0.1) is 11.8 Å². The lowest BCUT2D eigenvalue weighted by molar-refractivity contribution is -0.143. The molecule has 0 spiro atoms. The number of hydrogen-bond acceptors (Lipinski definition) is 9. The van der Waals surface area contributed by atoms with E-state index in [1.165, 1.54) is 11.8 Å². The number of benzene rings is 1. The number of aromatic nitrogens is 1. The Labute approximate surface area is 314 Å². The minimum atomic E-state index is -3.92. The molecule has 1 aromatic carbocycles. The Morgan fingerprint density at radius 2 is 1.68 bits per heavy atom. The number of nitrogens with zero attached hydrogens (tertiary/aromatic N) is 2. The number of allylic oxidation sites excluding steroid dienone is 1. The molecule has 14 heteroatoms. The molecule has 1 saturated heterocycles. The average molecular weight is 756 g/mol. The molecule has 0 unspecified atom stereocenters. The first-order valence-electron chi connectivity index (χ1n) is 18.2. The van der Waals surface area contributed by atoms with E-state index in [-0.39, 0.29) is 24.8 Å².